The molecule has 0 radical (unpaired) electrons. The predicted molar refractivity (Wildman–Crippen MR) is 220 cm³/mol. The van der Waals surface area contributed by atoms with Crippen LogP contribution in [0.1, 0.15) is 162 Å². The molecule has 0 amide bonds. The zero-order valence-electron chi connectivity index (χ0n) is 35.7. The summed E-state index contributed by atoms with van der Waals surface area (Å²) in [5.41, 5.74) is 0.628. The molecule has 2 rings (SSSR count). The van der Waals surface area contributed by atoms with Crippen molar-refractivity contribution in [3.05, 3.63) is 23.8 Å². The van der Waals surface area contributed by atoms with E-state index in [9.17, 15) is 28.9 Å². The fraction of sp³-hybridized carbons (Fsp3) is 0.841. The second kappa shape index (κ2) is 28.7. The first kappa shape index (κ1) is 50.4. The van der Waals surface area contributed by atoms with Crippen LogP contribution in [0.25, 0.3) is 0 Å². The molecule has 1 N–H and O–H groups in total. The van der Waals surface area contributed by atoms with Gasteiger partial charge in [-0.2, -0.15) is 0 Å². The molecule has 6 atom stereocenters. The fourth-order valence-electron chi connectivity index (χ4n) is 7.06. The third-order valence-electron chi connectivity index (χ3n) is 10.8. The molecule has 0 aromatic carbocycles. The number of rotatable bonds is 35. The highest BCUT2D eigenvalue weighted by molar-refractivity contribution is 7.45. The van der Waals surface area contributed by atoms with Gasteiger partial charge in [-0.25, -0.2) is 0 Å². The van der Waals surface area contributed by atoms with Crippen LogP contribution >= 0.6 is 7.82 Å². The highest BCUT2D eigenvalue weighted by atomic mass is 31.2. The van der Waals surface area contributed by atoms with E-state index >= 15 is 0 Å². The van der Waals surface area contributed by atoms with Gasteiger partial charge in [0, 0.05) is 25.2 Å². The minimum atomic E-state index is -4.68. The Kier molecular flexibility index (Phi) is 25.8. The molecule has 12 heteroatoms. The summed E-state index contributed by atoms with van der Waals surface area (Å²) in [6.07, 6.45) is 27.2. The molecule has 1 aliphatic carbocycles. The van der Waals surface area contributed by atoms with Crippen LogP contribution in [0.3, 0.4) is 0 Å². The molecule has 56 heavy (non-hydrogen) atoms. The van der Waals surface area contributed by atoms with E-state index < -0.39 is 32.4 Å². The number of allylic oxidation sites excluding steroid dienone is 2. The van der Waals surface area contributed by atoms with Gasteiger partial charge in [-0.3, -0.25) is 18.9 Å². The van der Waals surface area contributed by atoms with Crippen LogP contribution in [-0.2, 0) is 37.5 Å². The van der Waals surface area contributed by atoms with Crippen molar-refractivity contribution in [3.8, 4) is 0 Å². The number of ether oxygens (including phenoxy) is 2. The standard InChI is InChI=1S/C44H78NO10P/c1-6-8-10-12-14-15-16-17-18-19-20-22-24-29-44(49)52-34-36(35-54-56(50,51)53-31-30-45(3,4)5)39(46)27-25-28-42-43(55-42)32-38-37(40(47)33-41(38)48)26-23-21-13-11-9-7-2/h21,23,32,36-37,40,42-43,47H,6-20,22,24-31,33-35H2,1-5H3/b23-21-,38-32+/t36-,37?,40?,42?,43?/m1/s1. The Morgan fingerprint density at radius 3 is 2.09 bits per heavy atom. The molecule has 2 aliphatic rings. The number of esters is 1. The Morgan fingerprint density at radius 2 is 1.46 bits per heavy atom. The number of nitrogens with zero attached hydrogens (tertiary/aromatic N) is 1. The first-order valence-electron chi connectivity index (χ1n) is 22.1. The van der Waals surface area contributed by atoms with Crippen molar-refractivity contribution in [2.45, 2.75) is 180 Å². The maximum absolute atomic E-state index is 13.3. The molecule has 0 aromatic rings. The normalized spacial score (nSPS) is 22.2. The third kappa shape index (κ3) is 23.6. The van der Waals surface area contributed by atoms with Gasteiger partial charge in [0.1, 0.15) is 31.6 Å². The second-order valence-corrected chi connectivity index (χ2v) is 18.5. The van der Waals surface area contributed by atoms with Crippen LogP contribution in [0, 0.1) is 11.8 Å². The highest BCUT2D eigenvalue weighted by Gasteiger charge is 2.42. The minimum absolute atomic E-state index is 0.0464. The van der Waals surface area contributed by atoms with E-state index in [0.717, 1.165) is 38.5 Å². The van der Waals surface area contributed by atoms with E-state index in [4.69, 9.17) is 18.5 Å². The topological polar surface area (TPSA) is 152 Å². The van der Waals surface area contributed by atoms with E-state index in [0.29, 0.717) is 42.3 Å². The van der Waals surface area contributed by atoms with Crippen LogP contribution in [-0.4, -0.2) is 92.9 Å². The molecule has 1 saturated heterocycles. The molecule has 0 aromatic heterocycles. The summed E-state index contributed by atoms with van der Waals surface area (Å²) in [7, 11) is 1.07. The average molecular weight is 812 g/mol. The van der Waals surface area contributed by atoms with Crippen LogP contribution in [0.2, 0.25) is 0 Å². The molecule has 324 valence electrons. The van der Waals surface area contributed by atoms with Crippen molar-refractivity contribution < 1.29 is 52.0 Å². The number of phosphoric acid groups is 1. The second-order valence-electron chi connectivity index (χ2n) is 17.1. The molecule has 11 nitrogen and oxygen atoms in total. The van der Waals surface area contributed by atoms with Gasteiger partial charge in [0.25, 0.3) is 7.82 Å². The zero-order chi connectivity index (χ0) is 41.2. The Labute approximate surface area is 339 Å². The van der Waals surface area contributed by atoms with Gasteiger partial charge < -0.3 is 33.0 Å². The van der Waals surface area contributed by atoms with Gasteiger partial charge in [0.15, 0.2) is 5.78 Å². The van der Waals surface area contributed by atoms with Crippen molar-refractivity contribution in [3.63, 3.8) is 0 Å². The van der Waals surface area contributed by atoms with Gasteiger partial charge in [-0.1, -0.05) is 116 Å². The number of aliphatic hydroxyl groups excluding tert-OH is 1. The van der Waals surface area contributed by atoms with Gasteiger partial charge in [0.2, 0.25) is 0 Å². The number of Topliss-reactive ketones (excluding diaryl/α,β-unsaturated/α-hetero) is 2. The summed E-state index contributed by atoms with van der Waals surface area (Å²) in [6.45, 7) is 4.07. The summed E-state index contributed by atoms with van der Waals surface area (Å²) in [6, 6.07) is 0. The number of carbonyl (C=O) groups excluding carboxylic acids is 3. The maximum Gasteiger partial charge on any atom is 0.305 e. The SMILES string of the molecule is CCCCC/C=C\CC1/C(=C\C2OC2CCCC(=O)[C@H](COC(=O)CCCCCCCCCCCCCCC)COP(=O)([O-])OCC[N+](C)(C)C)C(=O)CC1O. The van der Waals surface area contributed by atoms with Crippen molar-refractivity contribution in [2.75, 3.05) is 47.5 Å². The molecule has 1 saturated carbocycles. The van der Waals surface area contributed by atoms with Crippen molar-refractivity contribution in [1.29, 1.82) is 0 Å². The van der Waals surface area contributed by atoms with Gasteiger partial charge in [-0.15, -0.1) is 0 Å². The lowest BCUT2D eigenvalue weighted by molar-refractivity contribution is -0.870. The quantitative estimate of drug-likeness (QED) is 0.0125. The number of epoxide rings is 1. The van der Waals surface area contributed by atoms with E-state index in [-0.39, 0.29) is 62.2 Å². The molecule has 5 unspecified atom stereocenters. The minimum Gasteiger partial charge on any atom is -0.756 e. The molecule has 1 heterocycles. The fourth-order valence-corrected chi connectivity index (χ4v) is 7.81. The summed E-state index contributed by atoms with van der Waals surface area (Å²) in [4.78, 5) is 51.1. The van der Waals surface area contributed by atoms with Crippen LogP contribution < -0.4 is 4.89 Å². The number of quaternary nitrogens is 1. The largest absolute Gasteiger partial charge is 0.756 e. The van der Waals surface area contributed by atoms with Gasteiger partial charge in [0.05, 0.1) is 45.9 Å². The lowest BCUT2D eigenvalue weighted by atomic mass is 9.94. The Morgan fingerprint density at radius 1 is 0.857 bits per heavy atom. The van der Waals surface area contributed by atoms with Gasteiger partial charge >= 0.3 is 5.97 Å². The van der Waals surface area contributed by atoms with E-state index in [2.05, 4.69) is 26.0 Å². The summed E-state index contributed by atoms with van der Waals surface area (Å²) in [5.74, 6) is -1.91. The van der Waals surface area contributed by atoms with Crippen molar-refractivity contribution in [1.82, 2.24) is 0 Å². The Bertz CT molecular complexity index is 1230. The van der Waals surface area contributed by atoms with Crippen molar-refractivity contribution >= 4 is 25.4 Å². The van der Waals surface area contributed by atoms with Crippen molar-refractivity contribution in [2.24, 2.45) is 11.8 Å². The summed E-state index contributed by atoms with van der Waals surface area (Å²) >= 11 is 0. The molecular formula is C44H78NO10P. The molecular weight excluding hydrogens is 733 g/mol. The molecule has 0 spiro atoms. The Balaban J connectivity index is 1.79. The number of ketones is 2. The lowest BCUT2D eigenvalue weighted by Crippen LogP contribution is -2.37. The first-order chi connectivity index (χ1) is 26.8. The number of hydrogen-bond donors (Lipinski definition) is 1. The number of hydrogen-bond acceptors (Lipinski definition) is 10. The smallest absolute Gasteiger partial charge is 0.305 e. The van der Waals surface area contributed by atoms with Gasteiger partial charge in [-0.05, 0) is 50.2 Å². The zero-order valence-corrected chi connectivity index (χ0v) is 36.6. The molecule has 0 bridgehead atoms. The number of aliphatic hydroxyl groups is 1. The predicted octanol–water partition coefficient (Wildman–Crippen LogP) is 8.74. The first-order valence-corrected chi connectivity index (χ1v) is 23.5. The van der Waals surface area contributed by atoms with Crippen LogP contribution in [0.15, 0.2) is 23.8 Å². The Hall–Kier alpha value is -1.72. The number of carbonyl (C=O) groups is 3. The number of unbranched alkanes of at least 4 members (excludes halogenated alkanes) is 15. The third-order valence-corrected chi connectivity index (χ3v) is 11.8. The van der Waals surface area contributed by atoms with Crippen LogP contribution in [0.5, 0.6) is 0 Å². The lowest BCUT2D eigenvalue weighted by Gasteiger charge is -2.28. The van der Waals surface area contributed by atoms with E-state index in [1.807, 2.05) is 27.2 Å². The van der Waals surface area contributed by atoms with Crippen LogP contribution in [0.4, 0.5) is 0 Å². The van der Waals surface area contributed by atoms with E-state index in [1.165, 1.54) is 64.2 Å². The summed E-state index contributed by atoms with van der Waals surface area (Å²) < 4.78 is 34.4. The summed E-state index contributed by atoms with van der Waals surface area (Å²) in [5, 5.41) is 10.5. The maximum atomic E-state index is 13.3. The van der Waals surface area contributed by atoms with E-state index in [1.54, 1.807) is 0 Å². The number of phosphoric ester groups is 1. The highest BCUT2D eigenvalue weighted by Crippen LogP contribution is 2.39. The molecule has 2 fully saturated rings. The average Bonchev–Trinajstić information content (AvgIpc) is 3.82. The molecule has 1 aliphatic heterocycles. The number of likely N-dealkylation sites (N-methyl/N-ethyl adjacent to an activating group) is 1. The monoisotopic (exact) mass is 812 g/mol.